The summed E-state index contributed by atoms with van der Waals surface area (Å²) in [5.74, 6) is 0. The van der Waals surface area contributed by atoms with E-state index in [2.05, 4.69) is 43.9 Å². The van der Waals surface area contributed by atoms with Crippen molar-refractivity contribution in [2.75, 3.05) is 6.54 Å². The predicted molar refractivity (Wildman–Crippen MR) is 67.0 cm³/mol. The normalized spacial score (nSPS) is 32.5. The van der Waals surface area contributed by atoms with Crippen molar-refractivity contribution in [3.8, 4) is 6.07 Å². The molecule has 1 N–H and O–H groups in total. The molecule has 1 aliphatic carbocycles. The highest BCUT2D eigenvalue weighted by molar-refractivity contribution is 8.00. The van der Waals surface area contributed by atoms with Gasteiger partial charge in [0, 0.05) is 10.5 Å². The van der Waals surface area contributed by atoms with E-state index in [4.69, 9.17) is 0 Å². The molecule has 3 atom stereocenters. The van der Waals surface area contributed by atoms with E-state index >= 15 is 0 Å². The Labute approximate surface area is 97.8 Å². The van der Waals surface area contributed by atoms with Gasteiger partial charge in [0.05, 0.1) is 6.07 Å². The van der Waals surface area contributed by atoms with Gasteiger partial charge >= 0.3 is 0 Å². The first kappa shape index (κ1) is 12.9. The van der Waals surface area contributed by atoms with Crippen LogP contribution < -0.4 is 5.32 Å². The van der Waals surface area contributed by atoms with Gasteiger partial charge in [-0.1, -0.05) is 20.8 Å². The minimum Gasteiger partial charge on any atom is -0.300 e. The van der Waals surface area contributed by atoms with E-state index in [1.165, 1.54) is 12.8 Å². The van der Waals surface area contributed by atoms with Crippen LogP contribution in [0.15, 0.2) is 0 Å². The van der Waals surface area contributed by atoms with Crippen LogP contribution in [0.5, 0.6) is 0 Å². The van der Waals surface area contributed by atoms with E-state index in [-0.39, 0.29) is 5.54 Å². The van der Waals surface area contributed by atoms with Gasteiger partial charge in [-0.15, -0.1) is 0 Å². The van der Waals surface area contributed by atoms with Crippen molar-refractivity contribution in [2.45, 2.75) is 62.5 Å². The van der Waals surface area contributed by atoms with Gasteiger partial charge in [-0.25, -0.2) is 0 Å². The summed E-state index contributed by atoms with van der Waals surface area (Å²) in [6.45, 7) is 7.49. The molecule has 1 fully saturated rings. The molecule has 0 aromatic carbocycles. The first-order chi connectivity index (χ1) is 7.15. The van der Waals surface area contributed by atoms with Crippen LogP contribution in [0, 0.1) is 11.3 Å². The average Bonchev–Trinajstić information content (AvgIpc) is 2.63. The number of rotatable bonds is 5. The molecule has 1 rings (SSSR count). The molecule has 0 amide bonds. The Kier molecular flexibility index (Phi) is 4.95. The summed E-state index contributed by atoms with van der Waals surface area (Å²) in [6.07, 6.45) is 4.45. The number of nitrogens with zero attached hydrogens (tertiary/aromatic N) is 1. The number of nitriles is 1. The molecule has 1 aliphatic rings. The van der Waals surface area contributed by atoms with Crippen molar-refractivity contribution in [3.63, 3.8) is 0 Å². The molecule has 1 saturated carbocycles. The molecule has 0 bridgehead atoms. The number of nitrogens with one attached hydrogen (secondary N) is 1. The van der Waals surface area contributed by atoms with Crippen LogP contribution in [0.4, 0.5) is 0 Å². The maximum absolute atomic E-state index is 9.23. The highest BCUT2D eigenvalue weighted by Crippen LogP contribution is 2.38. The summed E-state index contributed by atoms with van der Waals surface area (Å²) in [5, 5.41) is 14.0. The highest BCUT2D eigenvalue weighted by atomic mass is 32.2. The minimum absolute atomic E-state index is 0.222. The lowest BCUT2D eigenvalue weighted by Crippen LogP contribution is -2.41. The van der Waals surface area contributed by atoms with Gasteiger partial charge in [0.25, 0.3) is 0 Å². The van der Waals surface area contributed by atoms with Gasteiger partial charge in [0.2, 0.25) is 0 Å². The SMILES string of the molecule is CCNC1(C#N)CCC(SC(C)CC)C1. The lowest BCUT2D eigenvalue weighted by atomic mass is 10.0. The Morgan fingerprint density at radius 3 is 2.87 bits per heavy atom. The topological polar surface area (TPSA) is 35.8 Å². The second-order valence-corrected chi connectivity index (χ2v) is 6.19. The molecule has 0 radical (unpaired) electrons. The van der Waals surface area contributed by atoms with Gasteiger partial charge in [-0.05, 0) is 32.2 Å². The Bertz CT molecular complexity index is 236. The summed E-state index contributed by atoms with van der Waals surface area (Å²) in [5.41, 5.74) is -0.222. The summed E-state index contributed by atoms with van der Waals surface area (Å²) < 4.78 is 0. The van der Waals surface area contributed by atoms with Crippen LogP contribution >= 0.6 is 11.8 Å². The van der Waals surface area contributed by atoms with Crippen molar-refractivity contribution >= 4 is 11.8 Å². The fourth-order valence-electron chi connectivity index (χ4n) is 2.18. The van der Waals surface area contributed by atoms with Crippen molar-refractivity contribution < 1.29 is 0 Å². The molecule has 2 nitrogen and oxygen atoms in total. The minimum atomic E-state index is -0.222. The fraction of sp³-hybridized carbons (Fsp3) is 0.917. The zero-order valence-corrected chi connectivity index (χ0v) is 10.9. The summed E-state index contributed by atoms with van der Waals surface area (Å²) >= 11 is 2.06. The van der Waals surface area contributed by atoms with Gasteiger partial charge in [0.1, 0.15) is 5.54 Å². The van der Waals surface area contributed by atoms with Crippen molar-refractivity contribution in [3.05, 3.63) is 0 Å². The Morgan fingerprint density at radius 2 is 2.33 bits per heavy atom. The molecule has 0 aromatic heterocycles. The van der Waals surface area contributed by atoms with Crippen LogP contribution in [-0.4, -0.2) is 22.6 Å². The first-order valence-electron chi connectivity index (χ1n) is 5.97. The number of hydrogen-bond acceptors (Lipinski definition) is 3. The third kappa shape index (κ3) is 3.39. The zero-order valence-electron chi connectivity index (χ0n) is 10.0. The van der Waals surface area contributed by atoms with Crippen LogP contribution in [-0.2, 0) is 0 Å². The smallest absolute Gasteiger partial charge is 0.107 e. The maximum atomic E-state index is 9.23. The lowest BCUT2D eigenvalue weighted by molar-refractivity contribution is 0.436. The first-order valence-corrected chi connectivity index (χ1v) is 6.91. The molecule has 3 unspecified atom stereocenters. The van der Waals surface area contributed by atoms with E-state index in [0.717, 1.165) is 24.6 Å². The Hall–Kier alpha value is -0.200. The summed E-state index contributed by atoms with van der Waals surface area (Å²) in [7, 11) is 0. The molecule has 0 aliphatic heterocycles. The maximum Gasteiger partial charge on any atom is 0.107 e. The molecule has 0 spiro atoms. The standard InChI is InChI=1S/C12H22N2S/c1-4-10(3)15-11-6-7-12(8-11,9-13)14-5-2/h10-11,14H,4-8H2,1-3H3. The number of hydrogen-bond donors (Lipinski definition) is 1. The van der Waals surface area contributed by atoms with Gasteiger partial charge in [0.15, 0.2) is 0 Å². The van der Waals surface area contributed by atoms with E-state index in [1.807, 2.05) is 0 Å². The largest absolute Gasteiger partial charge is 0.300 e. The van der Waals surface area contributed by atoms with E-state index in [0.29, 0.717) is 5.25 Å². The third-order valence-electron chi connectivity index (χ3n) is 3.20. The Balaban J connectivity index is 2.46. The molecular formula is C12H22N2S. The van der Waals surface area contributed by atoms with Gasteiger partial charge < -0.3 is 0 Å². The average molecular weight is 226 g/mol. The summed E-state index contributed by atoms with van der Waals surface area (Å²) in [6, 6.07) is 2.48. The van der Waals surface area contributed by atoms with Crippen molar-refractivity contribution in [2.24, 2.45) is 0 Å². The zero-order chi connectivity index (χ0) is 11.3. The van der Waals surface area contributed by atoms with Crippen LogP contribution in [0.1, 0.15) is 46.5 Å². The summed E-state index contributed by atoms with van der Waals surface area (Å²) in [4.78, 5) is 0. The van der Waals surface area contributed by atoms with Crippen LogP contribution in [0.2, 0.25) is 0 Å². The van der Waals surface area contributed by atoms with Crippen LogP contribution in [0.3, 0.4) is 0 Å². The number of thioether (sulfide) groups is 1. The lowest BCUT2D eigenvalue weighted by Gasteiger charge is -2.22. The van der Waals surface area contributed by atoms with Gasteiger partial charge in [-0.2, -0.15) is 17.0 Å². The predicted octanol–water partition coefficient (Wildman–Crippen LogP) is 2.94. The van der Waals surface area contributed by atoms with Crippen molar-refractivity contribution in [1.29, 1.82) is 5.26 Å². The van der Waals surface area contributed by atoms with Crippen molar-refractivity contribution in [1.82, 2.24) is 5.32 Å². The molecular weight excluding hydrogens is 204 g/mol. The molecule has 0 aromatic rings. The van der Waals surface area contributed by atoms with E-state index < -0.39 is 0 Å². The molecule has 86 valence electrons. The quantitative estimate of drug-likeness (QED) is 0.783. The van der Waals surface area contributed by atoms with E-state index in [1.54, 1.807) is 0 Å². The monoisotopic (exact) mass is 226 g/mol. The third-order valence-corrected chi connectivity index (χ3v) is 4.78. The highest BCUT2D eigenvalue weighted by Gasteiger charge is 2.39. The van der Waals surface area contributed by atoms with E-state index in [9.17, 15) is 5.26 Å². The Morgan fingerprint density at radius 1 is 1.60 bits per heavy atom. The second kappa shape index (κ2) is 5.77. The fourth-order valence-corrected chi connectivity index (χ4v) is 3.67. The van der Waals surface area contributed by atoms with Crippen LogP contribution in [0.25, 0.3) is 0 Å². The molecule has 15 heavy (non-hydrogen) atoms. The van der Waals surface area contributed by atoms with Gasteiger partial charge in [-0.3, -0.25) is 5.32 Å². The molecule has 0 heterocycles. The molecule has 0 saturated heterocycles. The second-order valence-electron chi connectivity index (χ2n) is 4.44. The molecule has 3 heteroatoms.